The highest BCUT2D eigenvalue weighted by molar-refractivity contribution is 5.93. The molecule has 0 aliphatic carbocycles. The Balaban J connectivity index is 2.59. The van der Waals surface area contributed by atoms with Crippen molar-refractivity contribution in [3.05, 3.63) is 16.2 Å². The van der Waals surface area contributed by atoms with Gasteiger partial charge < -0.3 is 15.6 Å². The molecule has 2 heterocycles. The van der Waals surface area contributed by atoms with Gasteiger partial charge in [0.2, 0.25) is 5.95 Å². The van der Waals surface area contributed by atoms with Gasteiger partial charge in [-0.1, -0.05) is 0 Å². The van der Waals surface area contributed by atoms with Crippen LogP contribution in [0.2, 0.25) is 0 Å². The molecule has 19 heavy (non-hydrogen) atoms. The second kappa shape index (κ2) is 5.16. The lowest BCUT2D eigenvalue weighted by Crippen LogP contribution is -2.14. The van der Waals surface area contributed by atoms with E-state index in [4.69, 9.17) is 15.6 Å². The van der Waals surface area contributed by atoms with Crippen LogP contribution in [0.1, 0.15) is 17.5 Å². The summed E-state index contributed by atoms with van der Waals surface area (Å²) in [5, 5.41) is 8.67. The highest BCUT2D eigenvalue weighted by atomic mass is 16.5. The zero-order chi connectivity index (χ0) is 14.0. The summed E-state index contributed by atoms with van der Waals surface area (Å²) in [7, 11) is 0. The zero-order valence-corrected chi connectivity index (χ0v) is 10.2. The molecule has 2 rings (SSSR count). The van der Waals surface area contributed by atoms with Crippen molar-refractivity contribution in [3.63, 3.8) is 0 Å². The van der Waals surface area contributed by atoms with Crippen LogP contribution in [0, 0.1) is 0 Å². The topological polar surface area (TPSA) is 136 Å². The van der Waals surface area contributed by atoms with Crippen molar-refractivity contribution in [2.24, 2.45) is 0 Å². The number of hydrogen-bond donors (Lipinski definition) is 3. The first kappa shape index (κ1) is 13.2. The molecule has 9 nitrogen and oxygen atoms in total. The highest BCUT2D eigenvalue weighted by Gasteiger charge is 2.18. The number of Topliss-reactive ketones (excluding diaryl/α,β-unsaturated/α-hetero) is 1. The van der Waals surface area contributed by atoms with Crippen molar-refractivity contribution >= 4 is 22.9 Å². The van der Waals surface area contributed by atoms with Gasteiger partial charge in [0.15, 0.2) is 22.8 Å². The normalized spacial score (nSPS) is 11.1. The number of rotatable bonds is 5. The van der Waals surface area contributed by atoms with Crippen LogP contribution in [-0.4, -0.2) is 43.6 Å². The number of nitrogens with one attached hydrogen (secondary N) is 1. The summed E-state index contributed by atoms with van der Waals surface area (Å²) in [6.45, 7) is 1.21. The smallest absolute Gasteiger partial charge is 0.280 e. The van der Waals surface area contributed by atoms with E-state index in [-0.39, 0.29) is 48.7 Å². The lowest BCUT2D eigenvalue weighted by molar-refractivity contribution is 0.0481. The molecule has 2 aromatic heterocycles. The number of hydrogen-bond acceptors (Lipinski definition) is 7. The van der Waals surface area contributed by atoms with E-state index in [0.29, 0.717) is 0 Å². The second-order valence-corrected chi connectivity index (χ2v) is 3.80. The first-order valence-corrected chi connectivity index (χ1v) is 5.50. The van der Waals surface area contributed by atoms with E-state index in [1.807, 2.05) is 0 Å². The third-order valence-electron chi connectivity index (χ3n) is 2.39. The van der Waals surface area contributed by atoms with Crippen molar-refractivity contribution in [1.82, 2.24) is 19.5 Å². The molecule has 0 unspecified atom stereocenters. The van der Waals surface area contributed by atoms with Gasteiger partial charge in [-0.15, -0.1) is 0 Å². The molecule has 0 spiro atoms. The van der Waals surface area contributed by atoms with Crippen LogP contribution >= 0.6 is 0 Å². The second-order valence-electron chi connectivity index (χ2n) is 3.80. The molecule has 0 bridgehead atoms. The van der Waals surface area contributed by atoms with Gasteiger partial charge in [0.1, 0.15) is 6.73 Å². The Morgan fingerprint density at radius 3 is 2.89 bits per heavy atom. The maximum atomic E-state index is 11.7. The number of anilines is 1. The predicted molar refractivity (Wildman–Crippen MR) is 65.6 cm³/mol. The van der Waals surface area contributed by atoms with E-state index in [1.54, 1.807) is 0 Å². The van der Waals surface area contributed by atoms with Crippen molar-refractivity contribution < 1.29 is 14.6 Å². The number of H-pyrrole nitrogens is 1. The molecule has 0 saturated heterocycles. The lowest BCUT2D eigenvalue weighted by atomic mass is 10.4. The van der Waals surface area contributed by atoms with Crippen LogP contribution in [0.5, 0.6) is 0 Å². The number of aliphatic hydroxyl groups is 1. The van der Waals surface area contributed by atoms with Crippen LogP contribution in [0.15, 0.2) is 4.79 Å². The third kappa shape index (κ3) is 2.46. The van der Waals surface area contributed by atoms with Crippen molar-refractivity contribution in [2.45, 2.75) is 13.7 Å². The minimum atomic E-state index is -0.522. The molecule has 0 fully saturated rings. The molecule has 102 valence electrons. The SMILES string of the molecule is CC(=O)c1nc2c(=O)[nH]c(N)nc2n1COCCO. The number of carbonyl (C=O) groups is 1. The maximum Gasteiger partial charge on any atom is 0.280 e. The van der Waals surface area contributed by atoms with Crippen molar-refractivity contribution in [1.29, 1.82) is 0 Å². The predicted octanol–water partition coefficient (Wildman–Crippen LogP) is -1.13. The quantitative estimate of drug-likeness (QED) is 0.460. The maximum absolute atomic E-state index is 11.7. The summed E-state index contributed by atoms with van der Waals surface area (Å²) in [6, 6.07) is 0. The summed E-state index contributed by atoms with van der Waals surface area (Å²) in [6.07, 6.45) is 0. The van der Waals surface area contributed by atoms with Gasteiger partial charge in [-0.2, -0.15) is 4.98 Å². The summed E-state index contributed by atoms with van der Waals surface area (Å²) < 4.78 is 6.48. The molecular weight excluding hydrogens is 254 g/mol. The minimum Gasteiger partial charge on any atom is -0.394 e. The summed E-state index contributed by atoms with van der Waals surface area (Å²) in [4.78, 5) is 33.4. The third-order valence-corrected chi connectivity index (χ3v) is 2.39. The highest BCUT2D eigenvalue weighted by Crippen LogP contribution is 2.12. The number of aromatic nitrogens is 4. The van der Waals surface area contributed by atoms with Gasteiger partial charge in [-0.05, 0) is 0 Å². The number of ketones is 1. The number of aliphatic hydroxyl groups excluding tert-OH is 1. The Labute approximate surface area is 107 Å². The average Bonchev–Trinajstić information content (AvgIpc) is 2.69. The van der Waals surface area contributed by atoms with Gasteiger partial charge in [-0.3, -0.25) is 19.1 Å². The van der Waals surface area contributed by atoms with Gasteiger partial charge >= 0.3 is 0 Å². The summed E-state index contributed by atoms with van der Waals surface area (Å²) >= 11 is 0. The number of imidazole rings is 1. The number of aromatic amines is 1. The van der Waals surface area contributed by atoms with Crippen LogP contribution in [-0.2, 0) is 11.5 Å². The molecule has 0 saturated carbocycles. The number of fused-ring (bicyclic) bond motifs is 1. The Morgan fingerprint density at radius 2 is 2.26 bits per heavy atom. The van der Waals surface area contributed by atoms with Crippen LogP contribution in [0.4, 0.5) is 5.95 Å². The molecule has 0 radical (unpaired) electrons. The zero-order valence-electron chi connectivity index (χ0n) is 10.2. The number of carbonyl (C=O) groups excluding carboxylic acids is 1. The Kier molecular flexibility index (Phi) is 3.58. The van der Waals surface area contributed by atoms with Gasteiger partial charge in [0, 0.05) is 6.92 Å². The average molecular weight is 267 g/mol. The Morgan fingerprint density at radius 1 is 1.53 bits per heavy atom. The lowest BCUT2D eigenvalue weighted by Gasteiger charge is -2.06. The van der Waals surface area contributed by atoms with Crippen molar-refractivity contribution in [3.8, 4) is 0 Å². The van der Waals surface area contributed by atoms with Crippen LogP contribution in [0.3, 0.4) is 0 Å². The van der Waals surface area contributed by atoms with Crippen molar-refractivity contribution in [2.75, 3.05) is 18.9 Å². The first-order valence-electron chi connectivity index (χ1n) is 5.50. The fraction of sp³-hybridized carbons (Fsp3) is 0.400. The number of nitrogens with zero attached hydrogens (tertiary/aromatic N) is 3. The molecule has 4 N–H and O–H groups in total. The fourth-order valence-corrected chi connectivity index (χ4v) is 1.64. The van der Waals surface area contributed by atoms with E-state index >= 15 is 0 Å². The number of nitrogens with two attached hydrogens (primary N) is 1. The van der Waals surface area contributed by atoms with Crippen LogP contribution in [0.25, 0.3) is 11.2 Å². The standard InChI is InChI=1S/C10H13N5O4/c1-5(17)7-12-6-8(13-10(11)14-9(6)18)15(7)4-19-3-2-16/h16H,2-4H2,1H3,(H3,11,13,14,18). The van der Waals surface area contributed by atoms with E-state index in [1.165, 1.54) is 11.5 Å². The van der Waals surface area contributed by atoms with E-state index in [0.717, 1.165) is 0 Å². The fourth-order valence-electron chi connectivity index (χ4n) is 1.64. The van der Waals surface area contributed by atoms with Gasteiger partial charge in [0.25, 0.3) is 5.56 Å². The molecule has 0 aliphatic rings. The van der Waals surface area contributed by atoms with Gasteiger partial charge in [-0.25, -0.2) is 4.98 Å². The molecular formula is C10H13N5O4. The largest absolute Gasteiger partial charge is 0.394 e. The van der Waals surface area contributed by atoms with E-state index < -0.39 is 5.56 Å². The molecule has 0 aliphatic heterocycles. The van der Waals surface area contributed by atoms with E-state index in [2.05, 4.69) is 15.0 Å². The molecule has 0 aromatic carbocycles. The summed E-state index contributed by atoms with van der Waals surface area (Å²) in [5.41, 5.74) is 5.13. The van der Waals surface area contributed by atoms with Crippen LogP contribution < -0.4 is 11.3 Å². The monoisotopic (exact) mass is 267 g/mol. The number of nitrogen functional groups attached to an aromatic ring is 1. The number of ether oxygens (including phenoxy) is 1. The molecule has 9 heteroatoms. The van der Waals surface area contributed by atoms with E-state index in [9.17, 15) is 9.59 Å². The molecule has 0 atom stereocenters. The van der Waals surface area contributed by atoms with Gasteiger partial charge in [0.05, 0.1) is 13.2 Å². The summed E-state index contributed by atoms with van der Waals surface area (Å²) in [5.74, 6) is -0.351. The molecule has 0 amide bonds. The Hall–Kier alpha value is -2.26. The minimum absolute atomic E-state index is 0.0204. The molecule has 2 aromatic rings. The first-order chi connectivity index (χ1) is 9.04. The Bertz CT molecular complexity index is 674.